The molecule has 0 atom stereocenters. The van der Waals surface area contributed by atoms with Gasteiger partial charge in [-0.3, -0.25) is 9.59 Å². The number of nitrogens with one attached hydrogen (secondary N) is 1. The molecular formula is C16H14F3N3O4. The first-order chi connectivity index (χ1) is 12.2. The van der Waals surface area contributed by atoms with Gasteiger partial charge >= 0.3 is 6.36 Å². The van der Waals surface area contributed by atoms with Crippen molar-refractivity contribution in [1.82, 2.24) is 10.1 Å². The van der Waals surface area contributed by atoms with Crippen LogP contribution in [0.15, 0.2) is 34.9 Å². The highest BCUT2D eigenvalue weighted by atomic mass is 19.4. The second-order valence-electron chi connectivity index (χ2n) is 5.79. The number of carbonyl (C=O) groups excluding carboxylic acids is 2. The van der Waals surface area contributed by atoms with Crippen LogP contribution in [0.3, 0.4) is 0 Å². The maximum atomic E-state index is 12.1. The molecule has 1 fully saturated rings. The highest BCUT2D eigenvalue weighted by Crippen LogP contribution is 2.25. The number of alkyl halides is 3. The molecule has 138 valence electrons. The van der Waals surface area contributed by atoms with Crippen molar-refractivity contribution < 1.29 is 32.0 Å². The monoisotopic (exact) mass is 369 g/mol. The van der Waals surface area contributed by atoms with Crippen LogP contribution in [0, 0.1) is 12.8 Å². The molecule has 3 rings (SSSR count). The zero-order valence-electron chi connectivity index (χ0n) is 13.5. The summed E-state index contributed by atoms with van der Waals surface area (Å²) in [5.74, 6) is -0.910. The summed E-state index contributed by atoms with van der Waals surface area (Å²) < 4.78 is 44.9. The quantitative estimate of drug-likeness (QED) is 0.896. The Hall–Kier alpha value is -3.04. The molecule has 0 bridgehead atoms. The number of likely N-dealkylation sites (tertiary alicyclic amines) is 1. The maximum Gasteiger partial charge on any atom is 0.573 e. The van der Waals surface area contributed by atoms with E-state index in [1.54, 1.807) is 6.92 Å². The number of carbonyl (C=O) groups is 2. The molecule has 0 unspecified atom stereocenters. The number of hydrogen-bond donors (Lipinski definition) is 1. The molecule has 1 aromatic heterocycles. The summed E-state index contributed by atoms with van der Waals surface area (Å²) in [5, 5.41) is 6.22. The third kappa shape index (κ3) is 4.13. The van der Waals surface area contributed by atoms with Gasteiger partial charge in [-0.2, -0.15) is 0 Å². The zero-order valence-corrected chi connectivity index (χ0v) is 13.5. The van der Waals surface area contributed by atoms with Gasteiger partial charge in [-0.15, -0.1) is 13.2 Å². The van der Waals surface area contributed by atoms with E-state index in [0.717, 1.165) is 12.1 Å². The van der Waals surface area contributed by atoms with Crippen molar-refractivity contribution in [2.24, 2.45) is 5.92 Å². The number of anilines is 1. The number of ether oxygens (including phenoxy) is 1. The lowest BCUT2D eigenvalue weighted by molar-refractivity contribution is -0.274. The summed E-state index contributed by atoms with van der Waals surface area (Å²) in [5.41, 5.74) is 0.517. The second-order valence-corrected chi connectivity index (χ2v) is 5.79. The fraction of sp³-hybridized carbons (Fsp3) is 0.312. The fourth-order valence-corrected chi connectivity index (χ4v) is 2.42. The fourth-order valence-electron chi connectivity index (χ4n) is 2.42. The van der Waals surface area contributed by atoms with Crippen molar-refractivity contribution in [2.45, 2.75) is 13.3 Å². The number of nitrogens with zero attached hydrogens (tertiary/aromatic N) is 2. The number of halogens is 3. The van der Waals surface area contributed by atoms with Gasteiger partial charge in [0.05, 0.1) is 5.92 Å². The number of benzene rings is 1. The summed E-state index contributed by atoms with van der Waals surface area (Å²) >= 11 is 0. The van der Waals surface area contributed by atoms with Crippen molar-refractivity contribution in [3.8, 4) is 5.75 Å². The molecule has 1 aliphatic heterocycles. The number of aryl methyl sites for hydroxylation is 1. The van der Waals surface area contributed by atoms with Gasteiger partial charge < -0.3 is 19.5 Å². The van der Waals surface area contributed by atoms with Crippen LogP contribution in [-0.2, 0) is 4.79 Å². The first kappa shape index (κ1) is 17.8. The van der Waals surface area contributed by atoms with Crippen LogP contribution in [-0.4, -0.2) is 41.3 Å². The van der Waals surface area contributed by atoms with Gasteiger partial charge in [0.15, 0.2) is 5.69 Å². The summed E-state index contributed by atoms with van der Waals surface area (Å²) in [7, 11) is 0. The van der Waals surface area contributed by atoms with E-state index in [1.165, 1.54) is 23.1 Å². The van der Waals surface area contributed by atoms with Gasteiger partial charge in [-0.25, -0.2) is 0 Å². The molecule has 2 aromatic rings. The molecule has 10 heteroatoms. The van der Waals surface area contributed by atoms with E-state index in [4.69, 9.17) is 4.52 Å². The van der Waals surface area contributed by atoms with Crippen LogP contribution in [0.4, 0.5) is 18.9 Å². The molecule has 0 saturated carbocycles. The van der Waals surface area contributed by atoms with Crippen LogP contribution in [0.2, 0.25) is 0 Å². The van der Waals surface area contributed by atoms with E-state index in [2.05, 4.69) is 15.2 Å². The molecule has 1 aromatic carbocycles. The molecule has 1 aliphatic rings. The third-order valence-corrected chi connectivity index (χ3v) is 3.74. The van der Waals surface area contributed by atoms with Gasteiger partial charge in [0.25, 0.3) is 5.91 Å². The molecule has 1 saturated heterocycles. The van der Waals surface area contributed by atoms with Crippen LogP contribution >= 0.6 is 0 Å². The van der Waals surface area contributed by atoms with E-state index >= 15 is 0 Å². The summed E-state index contributed by atoms with van der Waals surface area (Å²) in [6.07, 6.45) is -4.77. The van der Waals surface area contributed by atoms with Crippen LogP contribution < -0.4 is 10.1 Å². The number of rotatable bonds is 4. The summed E-state index contributed by atoms with van der Waals surface area (Å²) in [6.45, 7) is 2.12. The molecule has 0 spiro atoms. The second kappa shape index (κ2) is 6.70. The first-order valence-electron chi connectivity index (χ1n) is 7.60. The van der Waals surface area contributed by atoms with Crippen LogP contribution in [0.1, 0.15) is 16.2 Å². The Morgan fingerprint density at radius 1 is 1.27 bits per heavy atom. The Morgan fingerprint density at radius 2 is 1.92 bits per heavy atom. The SMILES string of the molecule is Cc1cc(C(=O)N2CC(C(=O)Nc3ccc(OC(F)(F)F)cc3)C2)no1. The zero-order chi connectivity index (χ0) is 18.9. The molecule has 1 N–H and O–H groups in total. The van der Waals surface area contributed by atoms with Crippen molar-refractivity contribution >= 4 is 17.5 Å². The Morgan fingerprint density at radius 3 is 2.46 bits per heavy atom. The van der Waals surface area contributed by atoms with Gasteiger partial charge in [0.2, 0.25) is 5.91 Å². The highest BCUT2D eigenvalue weighted by Gasteiger charge is 2.37. The Balaban J connectivity index is 1.50. The van der Waals surface area contributed by atoms with Crippen LogP contribution in [0.25, 0.3) is 0 Å². The van der Waals surface area contributed by atoms with Gasteiger partial charge in [0.1, 0.15) is 11.5 Å². The highest BCUT2D eigenvalue weighted by molar-refractivity contribution is 5.97. The minimum atomic E-state index is -4.77. The third-order valence-electron chi connectivity index (χ3n) is 3.74. The normalized spacial score (nSPS) is 14.7. The summed E-state index contributed by atoms with van der Waals surface area (Å²) in [6, 6.07) is 6.33. The molecule has 2 amide bonds. The average molecular weight is 369 g/mol. The van der Waals surface area contributed by atoms with Crippen molar-refractivity contribution in [2.75, 3.05) is 18.4 Å². The van der Waals surface area contributed by atoms with E-state index in [9.17, 15) is 22.8 Å². The van der Waals surface area contributed by atoms with Gasteiger partial charge in [-0.05, 0) is 31.2 Å². The lowest BCUT2D eigenvalue weighted by Crippen LogP contribution is -2.54. The smallest absolute Gasteiger partial charge is 0.406 e. The maximum absolute atomic E-state index is 12.1. The lowest BCUT2D eigenvalue weighted by Gasteiger charge is -2.37. The molecular weight excluding hydrogens is 355 g/mol. The minimum Gasteiger partial charge on any atom is -0.406 e. The van der Waals surface area contributed by atoms with E-state index in [0.29, 0.717) is 11.4 Å². The largest absolute Gasteiger partial charge is 0.573 e. The predicted molar refractivity (Wildman–Crippen MR) is 82.4 cm³/mol. The number of hydrogen-bond acceptors (Lipinski definition) is 5. The average Bonchev–Trinajstić information content (AvgIpc) is 2.93. The van der Waals surface area contributed by atoms with E-state index in [1.807, 2.05) is 0 Å². The van der Waals surface area contributed by atoms with Crippen molar-refractivity contribution in [3.05, 3.63) is 41.8 Å². The first-order valence-corrected chi connectivity index (χ1v) is 7.60. The standard InChI is InChI=1S/C16H14F3N3O4/c1-9-6-13(21-26-9)15(24)22-7-10(8-22)14(23)20-11-2-4-12(5-3-11)25-16(17,18)19/h2-6,10H,7-8H2,1H3,(H,20,23). The Kier molecular flexibility index (Phi) is 4.58. The summed E-state index contributed by atoms with van der Waals surface area (Å²) in [4.78, 5) is 25.7. The molecule has 0 aliphatic carbocycles. The topological polar surface area (TPSA) is 84.7 Å². The molecule has 0 radical (unpaired) electrons. The lowest BCUT2D eigenvalue weighted by atomic mass is 9.98. The molecule has 26 heavy (non-hydrogen) atoms. The van der Waals surface area contributed by atoms with Gasteiger partial charge in [-0.1, -0.05) is 5.16 Å². The Bertz CT molecular complexity index is 811. The Labute approximate surface area is 145 Å². The number of amides is 2. The van der Waals surface area contributed by atoms with Crippen molar-refractivity contribution in [1.29, 1.82) is 0 Å². The molecule has 7 nitrogen and oxygen atoms in total. The van der Waals surface area contributed by atoms with E-state index < -0.39 is 12.3 Å². The van der Waals surface area contributed by atoms with E-state index in [-0.39, 0.29) is 36.3 Å². The molecule has 2 heterocycles. The predicted octanol–water partition coefficient (Wildman–Crippen LogP) is 2.59. The van der Waals surface area contributed by atoms with Crippen molar-refractivity contribution in [3.63, 3.8) is 0 Å². The minimum absolute atomic E-state index is 0.182. The van der Waals surface area contributed by atoms with Gasteiger partial charge in [0, 0.05) is 24.8 Å². The number of aromatic nitrogens is 1. The van der Waals surface area contributed by atoms with Crippen LogP contribution in [0.5, 0.6) is 5.75 Å².